The van der Waals surface area contributed by atoms with Gasteiger partial charge in [0.05, 0.1) is 0 Å². The van der Waals surface area contributed by atoms with Crippen molar-refractivity contribution in [2.75, 3.05) is 0 Å². The van der Waals surface area contributed by atoms with Gasteiger partial charge in [-0.15, -0.1) is 0 Å². The van der Waals surface area contributed by atoms with E-state index in [2.05, 4.69) is 34.6 Å². The van der Waals surface area contributed by atoms with Crippen molar-refractivity contribution in [3.8, 4) is 0 Å². The van der Waals surface area contributed by atoms with E-state index in [1.165, 1.54) is 19.3 Å². The molecule has 0 radical (unpaired) electrons. The maximum atomic E-state index is 6.58. The second-order valence-electron chi connectivity index (χ2n) is 6.12. The maximum Gasteiger partial charge on any atom is 0.0187 e. The Kier molecular flexibility index (Phi) is 3.63. The number of nitrogens with two attached hydrogens (primary N) is 1. The highest BCUT2D eigenvalue weighted by molar-refractivity contribution is 4.96. The molecule has 1 saturated carbocycles. The molecule has 0 spiro atoms. The first kappa shape index (κ1) is 12.0. The SMILES string of the molecule is CC1CC(C)CC(N)(C(C)C(C)C)C1. The lowest BCUT2D eigenvalue weighted by Gasteiger charge is -2.45. The summed E-state index contributed by atoms with van der Waals surface area (Å²) in [6, 6.07) is 0. The highest BCUT2D eigenvalue weighted by atomic mass is 14.8. The molecule has 0 heterocycles. The Morgan fingerprint density at radius 3 is 1.86 bits per heavy atom. The van der Waals surface area contributed by atoms with Crippen LogP contribution in [-0.2, 0) is 0 Å². The Labute approximate surface area is 89.5 Å². The smallest absolute Gasteiger partial charge is 0.0187 e. The summed E-state index contributed by atoms with van der Waals surface area (Å²) < 4.78 is 0. The molecule has 0 bridgehead atoms. The Balaban J connectivity index is 2.71. The molecule has 3 atom stereocenters. The van der Waals surface area contributed by atoms with Gasteiger partial charge in [-0.3, -0.25) is 0 Å². The van der Waals surface area contributed by atoms with E-state index in [0.29, 0.717) is 11.8 Å². The van der Waals surface area contributed by atoms with Gasteiger partial charge in [-0.2, -0.15) is 0 Å². The Hall–Kier alpha value is -0.0400. The summed E-state index contributed by atoms with van der Waals surface area (Å²) in [5.74, 6) is 2.97. The van der Waals surface area contributed by atoms with Crippen molar-refractivity contribution in [3.63, 3.8) is 0 Å². The average molecular weight is 197 g/mol. The summed E-state index contributed by atoms with van der Waals surface area (Å²) in [5.41, 5.74) is 6.69. The predicted molar refractivity (Wildman–Crippen MR) is 63.1 cm³/mol. The van der Waals surface area contributed by atoms with E-state index >= 15 is 0 Å². The molecule has 84 valence electrons. The van der Waals surface area contributed by atoms with Crippen LogP contribution in [0, 0.1) is 23.7 Å². The molecule has 1 aliphatic carbocycles. The molecule has 2 N–H and O–H groups in total. The molecule has 0 aromatic carbocycles. The zero-order valence-electron chi connectivity index (χ0n) is 10.5. The van der Waals surface area contributed by atoms with Crippen LogP contribution in [0.5, 0.6) is 0 Å². The summed E-state index contributed by atoms with van der Waals surface area (Å²) in [7, 11) is 0. The largest absolute Gasteiger partial charge is 0.325 e. The van der Waals surface area contributed by atoms with Gasteiger partial charge in [0, 0.05) is 5.54 Å². The Morgan fingerprint density at radius 2 is 1.50 bits per heavy atom. The zero-order chi connectivity index (χ0) is 10.9. The normalized spacial score (nSPS) is 41.4. The average Bonchev–Trinajstić information content (AvgIpc) is 1.99. The number of hydrogen-bond acceptors (Lipinski definition) is 1. The summed E-state index contributed by atoms with van der Waals surface area (Å²) in [5, 5.41) is 0. The topological polar surface area (TPSA) is 26.0 Å². The molecule has 1 rings (SSSR count). The second kappa shape index (κ2) is 4.22. The van der Waals surface area contributed by atoms with Crippen LogP contribution >= 0.6 is 0 Å². The third kappa shape index (κ3) is 2.50. The van der Waals surface area contributed by atoms with Crippen LogP contribution in [0.4, 0.5) is 0 Å². The van der Waals surface area contributed by atoms with Gasteiger partial charge >= 0.3 is 0 Å². The van der Waals surface area contributed by atoms with Gasteiger partial charge in [-0.05, 0) is 42.9 Å². The van der Waals surface area contributed by atoms with Crippen molar-refractivity contribution in [2.45, 2.75) is 59.4 Å². The fraction of sp³-hybridized carbons (Fsp3) is 1.00. The predicted octanol–water partition coefficient (Wildman–Crippen LogP) is 3.43. The molecule has 3 unspecified atom stereocenters. The monoisotopic (exact) mass is 197 g/mol. The first-order valence-corrected chi connectivity index (χ1v) is 6.14. The van der Waals surface area contributed by atoms with Gasteiger partial charge < -0.3 is 5.73 Å². The first-order valence-electron chi connectivity index (χ1n) is 6.14. The molecule has 0 aliphatic heterocycles. The van der Waals surface area contributed by atoms with Gasteiger partial charge in [-0.1, -0.05) is 34.6 Å². The van der Waals surface area contributed by atoms with Crippen molar-refractivity contribution in [2.24, 2.45) is 29.4 Å². The lowest BCUT2D eigenvalue weighted by molar-refractivity contribution is 0.106. The molecule has 1 nitrogen and oxygen atoms in total. The molecule has 1 fully saturated rings. The van der Waals surface area contributed by atoms with Crippen LogP contribution < -0.4 is 5.73 Å². The number of rotatable bonds is 2. The fourth-order valence-electron chi connectivity index (χ4n) is 3.27. The third-order valence-corrected chi connectivity index (χ3v) is 4.17. The second-order valence-corrected chi connectivity index (χ2v) is 6.12. The highest BCUT2D eigenvalue weighted by Gasteiger charge is 2.39. The number of hydrogen-bond donors (Lipinski definition) is 1. The summed E-state index contributed by atoms with van der Waals surface area (Å²) in [6.45, 7) is 11.6. The van der Waals surface area contributed by atoms with Crippen LogP contribution in [0.15, 0.2) is 0 Å². The molecule has 0 aromatic rings. The minimum absolute atomic E-state index is 0.102. The van der Waals surface area contributed by atoms with Crippen molar-refractivity contribution in [1.82, 2.24) is 0 Å². The zero-order valence-corrected chi connectivity index (χ0v) is 10.5. The molecule has 0 aromatic heterocycles. The first-order chi connectivity index (χ1) is 6.35. The molecule has 0 amide bonds. The third-order valence-electron chi connectivity index (χ3n) is 4.17. The van der Waals surface area contributed by atoms with Gasteiger partial charge in [0.2, 0.25) is 0 Å². The van der Waals surface area contributed by atoms with E-state index in [1.807, 2.05) is 0 Å². The lowest BCUT2D eigenvalue weighted by atomic mass is 9.64. The Morgan fingerprint density at radius 1 is 1.07 bits per heavy atom. The van der Waals surface area contributed by atoms with Crippen LogP contribution in [0.25, 0.3) is 0 Å². The van der Waals surface area contributed by atoms with Gasteiger partial charge in [0.1, 0.15) is 0 Å². The van der Waals surface area contributed by atoms with Crippen LogP contribution in [0.3, 0.4) is 0 Å². The van der Waals surface area contributed by atoms with Crippen molar-refractivity contribution >= 4 is 0 Å². The summed E-state index contributed by atoms with van der Waals surface area (Å²) in [4.78, 5) is 0. The molecule has 1 heteroatoms. The molecular weight excluding hydrogens is 170 g/mol. The minimum Gasteiger partial charge on any atom is -0.325 e. The molecular formula is C13H27N. The van der Waals surface area contributed by atoms with E-state index in [0.717, 1.165) is 11.8 Å². The van der Waals surface area contributed by atoms with E-state index in [1.54, 1.807) is 0 Å². The van der Waals surface area contributed by atoms with Crippen molar-refractivity contribution in [3.05, 3.63) is 0 Å². The summed E-state index contributed by atoms with van der Waals surface area (Å²) in [6.07, 6.45) is 3.80. The van der Waals surface area contributed by atoms with E-state index in [4.69, 9.17) is 5.73 Å². The van der Waals surface area contributed by atoms with Crippen molar-refractivity contribution < 1.29 is 0 Å². The highest BCUT2D eigenvalue weighted by Crippen LogP contribution is 2.40. The van der Waals surface area contributed by atoms with Crippen LogP contribution in [0.2, 0.25) is 0 Å². The fourth-order valence-corrected chi connectivity index (χ4v) is 3.27. The van der Waals surface area contributed by atoms with E-state index < -0.39 is 0 Å². The minimum atomic E-state index is 0.102. The lowest BCUT2D eigenvalue weighted by Crippen LogP contribution is -2.52. The van der Waals surface area contributed by atoms with Crippen molar-refractivity contribution in [1.29, 1.82) is 0 Å². The molecule has 0 saturated heterocycles. The van der Waals surface area contributed by atoms with Crippen LogP contribution in [-0.4, -0.2) is 5.54 Å². The quantitative estimate of drug-likeness (QED) is 0.721. The van der Waals surface area contributed by atoms with Gasteiger partial charge in [0.25, 0.3) is 0 Å². The van der Waals surface area contributed by atoms with Crippen LogP contribution in [0.1, 0.15) is 53.9 Å². The Bertz CT molecular complexity index is 176. The van der Waals surface area contributed by atoms with Gasteiger partial charge in [0.15, 0.2) is 0 Å². The standard InChI is InChI=1S/C13H27N/c1-9(2)12(5)13(14)7-10(3)6-11(4)8-13/h9-12H,6-8,14H2,1-5H3. The maximum absolute atomic E-state index is 6.58. The molecule has 14 heavy (non-hydrogen) atoms. The van der Waals surface area contributed by atoms with Gasteiger partial charge in [-0.25, -0.2) is 0 Å². The van der Waals surface area contributed by atoms with E-state index in [-0.39, 0.29) is 5.54 Å². The summed E-state index contributed by atoms with van der Waals surface area (Å²) >= 11 is 0. The molecule has 1 aliphatic rings. The van der Waals surface area contributed by atoms with E-state index in [9.17, 15) is 0 Å².